The smallest absolute Gasteiger partial charge is 0.351 e. The van der Waals surface area contributed by atoms with Crippen LogP contribution in [0.15, 0.2) is 126 Å². The molecule has 1 aliphatic rings. The van der Waals surface area contributed by atoms with Gasteiger partial charge in [0.1, 0.15) is 41.2 Å². The molecule has 0 saturated carbocycles. The van der Waals surface area contributed by atoms with Crippen LogP contribution in [0.4, 0.5) is 5.82 Å². The first-order chi connectivity index (χ1) is 32.9. The van der Waals surface area contributed by atoms with Gasteiger partial charge in [-0.3, -0.25) is 14.3 Å². The highest BCUT2D eigenvalue weighted by molar-refractivity contribution is 7.44. The number of anilines is 1. The maximum Gasteiger partial charge on any atom is 0.351 e. The van der Waals surface area contributed by atoms with Crippen molar-refractivity contribution in [1.29, 1.82) is 5.26 Å². The summed E-state index contributed by atoms with van der Waals surface area (Å²) in [5.41, 5.74) is 1.06. The van der Waals surface area contributed by atoms with E-state index < -0.39 is 52.7 Å². The van der Waals surface area contributed by atoms with E-state index in [0.717, 1.165) is 16.7 Å². The van der Waals surface area contributed by atoms with E-state index in [1.807, 2.05) is 84.9 Å². The Hall–Kier alpha value is -5.27. The lowest BCUT2D eigenvalue weighted by atomic mass is 9.80. The molecule has 4 aromatic carbocycles. The fourth-order valence-corrected chi connectivity index (χ4v) is 11.2. The second-order valence-electron chi connectivity index (χ2n) is 19.0. The molecule has 1 aromatic heterocycles. The normalized spacial score (nSPS) is 18.1. The molecule has 0 radical (unpaired) electrons. The molecule has 0 aliphatic carbocycles. The van der Waals surface area contributed by atoms with Crippen molar-refractivity contribution in [2.75, 3.05) is 39.4 Å². The van der Waals surface area contributed by atoms with Gasteiger partial charge < -0.3 is 32.4 Å². The average molecular weight is 978 g/mol. The maximum absolute atomic E-state index is 14.5. The van der Waals surface area contributed by atoms with Crippen LogP contribution in [0.3, 0.4) is 0 Å². The minimum Gasteiger partial charge on any atom is -0.497 e. The largest absolute Gasteiger partial charge is 0.497 e. The number of nitriles is 1. The lowest BCUT2D eigenvalue weighted by Crippen LogP contribution is -2.50. The standard InChI is InChI=1S/C53H68N5O9PSi/c1-37(2)58(38(3)4)68(64-35-19-33-54)66-47-45(36-63-53(40-22-17-14-18-23-40,41-24-28-43(61-9)29-25-41)42-26-30-44(62-10)31-27-42)65-50(48(47)67-69(11,12)52(5,6)7)57-34-32-46(55-51(57)60)56(8)49(59)39-20-15-13-16-21-39/h13-18,20-32,34,37-38,45,47-48,50H,19,35-36H2,1-12H3/t45-,47-,48-,50-,68?/m1/s1. The molecule has 1 unspecified atom stereocenters. The number of nitrogens with zero attached hydrogens (tertiary/aromatic N) is 5. The van der Waals surface area contributed by atoms with Gasteiger partial charge in [-0.05, 0) is 105 Å². The van der Waals surface area contributed by atoms with Crippen molar-refractivity contribution in [3.63, 3.8) is 0 Å². The Kier molecular flexibility index (Phi) is 17.8. The van der Waals surface area contributed by atoms with Crippen LogP contribution in [0.1, 0.15) is 88.2 Å². The van der Waals surface area contributed by atoms with Crippen molar-refractivity contribution < 1.29 is 37.2 Å². The van der Waals surface area contributed by atoms with Crippen molar-refractivity contribution in [1.82, 2.24) is 14.2 Å². The van der Waals surface area contributed by atoms with Gasteiger partial charge in [0.2, 0.25) is 0 Å². The predicted octanol–water partition coefficient (Wildman–Crippen LogP) is 10.5. The lowest BCUT2D eigenvalue weighted by Gasteiger charge is -2.42. The second kappa shape index (κ2) is 23.1. The van der Waals surface area contributed by atoms with Gasteiger partial charge in [0.05, 0.1) is 39.9 Å². The third-order valence-electron chi connectivity index (χ3n) is 12.8. The Labute approximate surface area is 410 Å². The molecule has 1 saturated heterocycles. The van der Waals surface area contributed by atoms with Crippen molar-refractivity contribution in [3.8, 4) is 17.6 Å². The maximum atomic E-state index is 14.5. The van der Waals surface area contributed by atoms with Crippen molar-refractivity contribution in [2.45, 2.75) is 115 Å². The van der Waals surface area contributed by atoms with Crippen LogP contribution >= 0.6 is 8.53 Å². The summed E-state index contributed by atoms with van der Waals surface area (Å²) in [5.74, 6) is 1.22. The highest BCUT2D eigenvalue weighted by atomic mass is 31.2. The van der Waals surface area contributed by atoms with Crippen molar-refractivity contribution in [3.05, 3.63) is 154 Å². The number of benzene rings is 4. The van der Waals surface area contributed by atoms with E-state index >= 15 is 0 Å². The van der Waals surface area contributed by atoms with Gasteiger partial charge in [0, 0.05) is 30.9 Å². The molecular weight excluding hydrogens is 910 g/mol. The fourth-order valence-electron chi connectivity index (χ4n) is 8.18. The van der Waals surface area contributed by atoms with Gasteiger partial charge in [-0.2, -0.15) is 10.2 Å². The summed E-state index contributed by atoms with van der Waals surface area (Å²) in [7, 11) is 0.277. The zero-order valence-electron chi connectivity index (χ0n) is 42.0. The quantitative estimate of drug-likeness (QED) is 0.0298. The molecule has 368 valence electrons. The molecular formula is C53H68N5O9PSi. The monoisotopic (exact) mass is 977 g/mol. The molecule has 0 bridgehead atoms. The SMILES string of the molecule is COc1ccc(C(OC[C@H]2O[C@@H](n3ccc(N(C)C(=O)c4ccccc4)nc3=O)[C@H](O[Si](C)(C)C(C)(C)C)[C@@H]2OP(OCCC#N)N(C(C)C)C(C)C)(c2ccccc2)c2ccc(OC)cc2)cc1. The number of carbonyl (C=O) groups is 1. The first-order valence-electron chi connectivity index (χ1n) is 23.4. The van der Waals surface area contributed by atoms with Crippen LogP contribution < -0.4 is 20.1 Å². The Morgan fingerprint density at radius 3 is 1.86 bits per heavy atom. The third-order valence-corrected chi connectivity index (χ3v) is 19.4. The minimum atomic E-state index is -2.71. The summed E-state index contributed by atoms with van der Waals surface area (Å²) in [6.07, 6.45) is -2.00. The number of rotatable bonds is 21. The zero-order valence-corrected chi connectivity index (χ0v) is 43.9. The van der Waals surface area contributed by atoms with E-state index in [1.165, 1.54) is 9.47 Å². The van der Waals surface area contributed by atoms with Gasteiger partial charge in [-0.1, -0.05) is 93.6 Å². The number of ether oxygens (including phenoxy) is 4. The van der Waals surface area contributed by atoms with Gasteiger partial charge in [0.25, 0.3) is 14.4 Å². The molecule has 2 heterocycles. The molecule has 1 aliphatic heterocycles. The van der Waals surface area contributed by atoms with E-state index in [-0.39, 0.29) is 48.5 Å². The second-order valence-corrected chi connectivity index (χ2v) is 25.2. The average Bonchev–Trinajstić information content (AvgIpc) is 3.66. The van der Waals surface area contributed by atoms with Gasteiger partial charge >= 0.3 is 5.69 Å². The van der Waals surface area contributed by atoms with E-state index in [4.69, 9.17) is 32.4 Å². The predicted molar refractivity (Wildman–Crippen MR) is 272 cm³/mol. The number of carbonyl (C=O) groups excluding carboxylic acids is 1. The Balaban J connectivity index is 1.54. The van der Waals surface area contributed by atoms with Crippen LogP contribution in [0.5, 0.6) is 11.5 Å². The van der Waals surface area contributed by atoms with E-state index in [0.29, 0.717) is 17.1 Å². The summed E-state index contributed by atoms with van der Waals surface area (Å²) in [4.78, 5) is 33.8. The van der Waals surface area contributed by atoms with Gasteiger partial charge in [-0.15, -0.1) is 0 Å². The van der Waals surface area contributed by atoms with E-state index in [1.54, 1.807) is 57.8 Å². The van der Waals surface area contributed by atoms with Gasteiger partial charge in [-0.25, -0.2) is 9.46 Å². The number of aromatic nitrogens is 2. The lowest BCUT2D eigenvalue weighted by molar-refractivity contribution is -0.0943. The molecule has 5 aromatic rings. The van der Waals surface area contributed by atoms with Crippen LogP contribution in [0.25, 0.3) is 0 Å². The molecule has 14 nitrogen and oxygen atoms in total. The molecule has 16 heteroatoms. The summed E-state index contributed by atoms with van der Waals surface area (Å²) >= 11 is 0. The summed E-state index contributed by atoms with van der Waals surface area (Å²) < 4.78 is 50.7. The molecule has 0 spiro atoms. The number of hydrogen-bond acceptors (Lipinski definition) is 12. The summed E-state index contributed by atoms with van der Waals surface area (Å²) in [5, 5.41) is 9.35. The molecule has 69 heavy (non-hydrogen) atoms. The molecule has 1 amide bonds. The summed E-state index contributed by atoms with van der Waals surface area (Å²) in [6.45, 7) is 19.1. The Bertz CT molecular complexity index is 2480. The van der Waals surface area contributed by atoms with Crippen LogP contribution in [-0.4, -0.2) is 93.3 Å². The van der Waals surface area contributed by atoms with Gasteiger partial charge in [0.15, 0.2) is 14.5 Å². The highest BCUT2D eigenvalue weighted by Gasteiger charge is 2.54. The van der Waals surface area contributed by atoms with Crippen LogP contribution in [0.2, 0.25) is 18.1 Å². The fraction of sp³-hybridized carbons (Fsp3) is 0.434. The van der Waals surface area contributed by atoms with E-state index in [9.17, 15) is 14.9 Å². The Morgan fingerprint density at radius 1 is 0.826 bits per heavy atom. The Morgan fingerprint density at radius 2 is 1.36 bits per heavy atom. The van der Waals surface area contributed by atoms with Crippen LogP contribution in [0, 0.1) is 11.3 Å². The molecule has 6 rings (SSSR count). The van der Waals surface area contributed by atoms with Crippen LogP contribution in [-0.2, 0) is 28.5 Å². The number of hydrogen-bond donors (Lipinski definition) is 0. The van der Waals surface area contributed by atoms with Crippen molar-refractivity contribution in [2.24, 2.45) is 0 Å². The molecule has 1 fully saturated rings. The number of amides is 1. The zero-order chi connectivity index (χ0) is 50.1. The van der Waals surface area contributed by atoms with Crippen molar-refractivity contribution >= 4 is 28.6 Å². The molecule has 5 atom stereocenters. The third kappa shape index (κ3) is 12.0. The molecule has 0 N–H and O–H groups in total. The topological polar surface area (TPSA) is 147 Å². The first-order valence-corrected chi connectivity index (χ1v) is 27.4. The highest BCUT2D eigenvalue weighted by Crippen LogP contribution is 2.52. The first kappa shape index (κ1) is 53.1. The summed E-state index contributed by atoms with van der Waals surface area (Å²) in [6, 6.07) is 38.2. The van der Waals surface area contributed by atoms with E-state index in [2.05, 4.69) is 77.3 Å². The number of methoxy groups -OCH3 is 2. The minimum absolute atomic E-state index is 0.0170.